The lowest BCUT2D eigenvalue weighted by atomic mass is 10.3. The Hall–Kier alpha value is -1.66. The fourth-order valence-electron chi connectivity index (χ4n) is 1.45. The van der Waals surface area contributed by atoms with Gasteiger partial charge in [0.2, 0.25) is 0 Å². The van der Waals surface area contributed by atoms with Crippen LogP contribution in [-0.2, 0) is 10.0 Å². The molecule has 19 heavy (non-hydrogen) atoms. The van der Waals surface area contributed by atoms with Crippen LogP contribution in [0.25, 0.3) is 0 Å². The molecule has 0 fully saturated rings. The maximum atomic E-state index is 13.0. The fraction of sp³-hybridized carbons (Fsp3) is 0. The molecule has 2 rings (SSSR count). The highest BCUT2D eigenvalue weighted by Crippen LogP contribution is 2.20. The van der Waals surface area contributed by atoms with Crippen LogP contribution in [0.5, 0.6) is 0 Å². The highest BCUT2D eigenvalue weighted by Gasteiger charge is 2.16. The number of sulfonamides is 1. The molecule has 0 aliphatic rings. The molecule has 3 nitrogen and oxygen atoms in total. The Balaban J connectivity index is 2.37. The monoisotopic (exact) mass is 303 g/mol. The van der Waals surface area contributed by atoms with Crippen molar-refractivity contribution in [3.05, 3.63) is 59.1 Å². The van der Waals surface area contributed by atoms with Crippen LogP contribution >= 0.6 is 11.6 Å². The number of hydrogen-bond donors (Lipinski definition) is 1. The molecule has 0 heterocycles. The predicted molar refractivity (Wildman–Crippen MR) is 68.6 cm³/mol. The molecule has 0 spiro atoms. The summed E-state index contributed by atoms with van der Waals surface area (Å²) in [6.45, 7) is 0. The molecular formula is C12H8ClF2NO2S. The van der Waals surface area contributed by atoms with Gasteiger partial charge in [0, 0.05) is 11.1 Å². The van der Waals surface area contributed by atoms with Crippen molar-refractivity contribution >= 4 is 27.3 Å². The van der Waals surface area contributed by atoms with Crippen LogP contribution in [0.1, 0.15) is 0 Å². The summed E-state index contributed by atoms with van der Waals surface area (Å²) in [4.78, 5) is -0.495. The molecule has 2 aromatic rings. The molecule has 0 aliphatic heterocycles. The van der Waals surface area contributed by atoms with Crippen LogP contribution in [-0.4, -0.2) is 8.42 Å². The Morgan fingerprint density at radius 3 is 2.21 bits per heavy atom. The van der Waals surface area contributed by atoms with Gasteiger partial charge in [-0.25, -0.2) is 17.2 Å². The molecule has 2 aromatic carbocycles. The van der Waals surface area contributed by atoms with Gasteiger partial charge >= 0.3 is 0 Å². The van der Waals surface area contributed by atoms with Crippen LogP contribution in [0, 0.1) is 11.6 Å². The third-order valence-corrected chi connectivity index (χ3v) is 3.82. The van der Waals surface area contributed by atoms with Crippen LogP contribution in [0.2, 0.25) is 5.02 Å². The summed E-state index contributed by atoms with van der Waals surface area (Å²) in [6.07, 6.45) is 0. The molecule has 0 aliphatic carbocycles. The lowest BCUT2D eigenvalue weighted by Gasteiger charge is -2.08. The van der Waals surface area contributed by atoms with E-state index in [2.05, 4.69) is 4.72 Å². The van der Waals surface area contributed by atoms with Crippen molar-refractivity contribution in [3.63, 3.8) is 0 Å². The van der Waals surface area contributed by atoms with Crippen molar-refractivity contribution in [2.24, 2.45) is 0 Å². The van der Waals surface area contributed by atoms with E-state index < -0.39 is 26.6 Å². The van der Waals surface area contributed by atoms with E-state index in [4.69, 9.17) is 11.6 Å². The van der Waals surface area contributed by atoms with Gasteiger partial charge in [-0.15, -0.1) is 0 Å². The average Bonchev–Trinajstić information content (AvgIpc) is 2.26. The molecule has 0 amide bonds. The summed E-state index contributed by atoms with van der Waals surface area (Å²) in [5, 5.41) is 0.339. The highest BCUT2D eigenvalue weighted by molar-refractivity contribution is 7.92. The third-order valence-electron chi connectivity index (χ3n) is 2.22. The van der Waals surface area contributed by atoms with Crippen molar-refractivity contribution in [2.75, 3.05) is 4.72 Å². The first-order valence-corrected chi connectivity index (χ1v) is 6.97. The number of hydrogen-bond acceptors (Lipinski definition) is 2. The summed E-state index contributed by atoms with van der Waals surface area (Å²) in [7, 11) is -4.06. The van der Waals surface area contributed by atoms with Crippen LogP contribution in [0.15, 0.2) is 47.4 Å². The number of nitrogens with one attached hydrogen (secondary N) is 1. The number of anilines is 1. The summed E-state index contributed by atoms with van der Waals surface area (Å²) >= 11 is 5.72. The lowest BCUT2D eigenvalue weighted by molar-refractivity contribution is 0.568. The third kappa shape index (κ3) is 3.42. The number of rotatable bonds is 3. The standard InChI is InChI=1S/C12H8ClF2NO2S/c13-8-2-1-3-11(4-8)16-19(17,18)12-6-9(14)5-10(15)7-12/h1-7,16H. The molecule has 0 aromatic heterocycles. The van der Waals surface area contributed by atoms with E-state index >= 15 is 0 Å². The summed E-state index contributed by atoms with van der Waals surface area (Å²) in [5.74, 6) is -1.93. The van der Waals surface area contributed by atoms with Crippen molar-refractivity contribution < 1.29 is 17.2 Å². The molecule has 0 saturated carbocycles. The average molecular weight is 304 g/mol. The first-order chi connectivity index (χ1) is 8.87. The molecular weight excluding hydrogens is 296 g/mol. The zero-order valence-corrected chi connectivity index (χ0v) is 11.0. The smallest absolute Gasteiger partial charge is 0.262 e. The summed E-state index contributed by atoms with van der Waals surface area (Å²) < 4.78 is 52.1. The molecule has 0 radical (unpaired) electrons. The molecule has 0 unspecified atom stereocenters. The van der Waals surface area contributed by atoms with Crippen LogP contribution < -0.4 is 4.72 Å². The lowest BCUT2D eigenvalue weighted by Crippen LogP contribution is -2.13. The normalized spacial score (nSPS) is 11.3. The second-order valence-electron chi connectivity index (χ2n) is 3.72. The van der Waals surface area contributed by atoms with Gasteiger partial charge in [-0.05, 0) is 30.3 Å². The quantitative estimate of drug-likeness (QED) is 0.944. The maximum Gasteiger partial charge on any atom is 0.262 e. The molecule has 100 valence electrons. The Morgan fingerprint density at radius 2 is 1.63 bits per heavy atom. The number of benzene rings is 2. The molecule has 7 heteroatoms. The predicted octanol–water partition coefficient (Wildman–Crippen LogP) is 3.42. The van der Waals surface area contributed by atoms with Crippen LogP contribution in [0.4, 0.5) is 14.5 Å². The number of halogens is 3. The van der Waals surface area contributed by atoms with E-state index in [1.807, 2.05) is 0 Å². The van der Waals surface area contributed by atoms with Gasteiger partial charge in [0.05, 0.1) is 10.6 Å². The second kappa shape index (κ2) is 5.14. The molecule has 1 N–H and O–H groups in total. The van der Waals surface area contributed by atoms with Gasteiger partial charge in [0.25, 0.3) is 10.0 Å². The van der Waals surface area contributed by atoms with E-state index in [0.29, 0.717) is 11.1 Å². The second-order valence-corrected chi connectivity index (χ2v) is 5.84. The van der Waals surface area contributed by atoms with Crippen molar-refractivity contribution in [1.82, 2.24) is 0 Å². The first kappa shape index (κ1) is 13.8. The van der Waals surface area contributed by atoms with Gasteiger partial charge in [-0.2, -0.15) is 0 Å². The van der Waals surface area contributed by atoms with Crippen molar-refractivity contribution in [3.8, 4) is 0 Å². The van der Waals surface area contributed by atoms with Gasteiger partial charge in [-0.1, -0.05) is 17.7 Å². The van der Waals surface area contributed by atoms with E-state index in [-0.39, 0.29) is 5.69 Å². The zero-order valence-electron chi connectivity index (χ0n) is 9.40. The van der Waals surface area contributed by atoms with Gasteiger partial charge in [0.1, 0.15) is 11.6 Å². The SMILES string of the molecule is O=S(=O)(Nc1cccc(Cl)c1)c1cc(F)cc(F)c1. The van der Waals surface area contributed by atoms with E-state index in [9.17, 15) is 17.2 Å². The topological polar surface area (TPSA) is 46.2 Å². The van der Waals surface area contributed by atoms with E-state index in [1.54, 1.807) is 12.1 Å². The molecule has 0 atom stereocenters. The van der Waals surface area contributed by atoms with E-state index in [0.717, 1.165) is 12.1 Å². The Kier molecular flexibility index (Phi) is 3.73. The molecule has 0 bridgehead atoms. The molecule has 0 saturated heterocycles. The minimum absolute atomic E-state index is 0.206. The highest BCUT2D eigenvalue weighted by atomic mass is 35.5. The summed E-state index contributed by atoms with van der Waals surface area (Å²) in [6, 6.07) is 8.03. The van der Waals surface area contributed by atoms with Gasteiger partial charge < -0.3 is 0 Å². The Labute approximate surface area is 113 Å². The maximum absolute atomic E-state index is 13.0. The Morgan fingerprint density at radius 1 is 1.00 bits per heavy atom. The van der Waals surface area contributed by atoms with Gasteiger partial charge in [-0.3, -0.25) is 4.72 Å². The fourth-order valence-corrected chi connectivity index (χ4v) is 2.73. The largest absolute Gasteiger partial charge is 0.280 e. The van der Waals surface area contributed by atoms with Crippen molar-refractivity contribution in [2.45, 2.75) is 4.90 Å². The Bertz CT molecular complexity index is 699. The minimum atomic E-state index is -4.06. The van der Waals surface area contributed by atoms with Gasteiger partial charge in [0.15, 0.2) is 0 Å². The van der Waals surface area contributed by atoms with Crippen LogP contribution in [0.3, 0.4) is 0 Å². The minimum Gasteiger partial charge on any atom is -0.280 e. The van der Waals surface area contributed by atoms with E-state index in [1.165, 1.54) is 12.1 Å². The first-order valence-electron chi connectivity index (χ1n) is 5.11. The van der Waals surface area contributed by atoms with Crippen molar-refractivity contribution in [1.29, 1.82) is 0 Å². The zero-order chi connectivity index (χ0) is 14.0. The summed E-state index contributed by atoms with van der Waals surface area (Å²) in [5.41, 5.74) is 0.206.